The predicted molar refractivity (Wildman–Crippen MR) is 80.1 cm³/mol. The Kier molecular flexibility index (Phi) is 4.95. The number of nitrogens with zero attached hydrogens (tertiary/aromatic N) is 2. The van der Waals surface area contributed by atoms with Crippen molar-refractivity contribution in [2.24, 2.45) is 0 Å². The third kappa shape index (κ3) is 3.77. The van der Waals surface area contributed by atoms with Crippen molar-refractivity contribution in [3.05, 3.63) is 16.5 Å². The number of esters is 1. The molecule has 0 bridgehead atoms. The molecule has 2 heterocycles. The lowest BCUT2D eigenvalue weighted by Crippen LogP contribution is -2.00. The second-order valence-electron chi connectivity index (χ2n) is 3.90. The third-order valence-corrected chi connectivity index (χ3v) is 5.92. The summed E-state index contributed by atoms with van der Waals surface area (Å²) in [4.78, 5) is 13.5. The van der Waals surface area contributed by atoms with E-state index in [-0.39, 0.29) is 5.97 Å². The molecule has 0 radical (unpaired) electrons. The molecule has 2 aromatic rings. The average Bonchev–Trinajstić information content (AvgIpc) is 2.97. The Balaban J connectivity index is 1.97. The van der Waals surface area contributed by atoms with Crippen LogP contribution in [0.1, 0.15) is 16.9 Å². The maximum absolute atomic E-state index is 11.0. The van der Waals surface area contributed by atoms with Gasteiger partial charge in [0.1, 0.15) is 0 Å². The maximum atomic E-state index is 11.0. The van der Waals surface area contributed by atoms with Crippen molar-refractivity contribution < 1.29 is 9.53 Å². The molecular weight excluding hydrogens is 300 g/mol. The number of hydrogen-bond acceptors (Lipinski definition) is 7. The summed E-state index contributed by atoms with van der Waals surface area (Å²) in [5.74, 6) is 0.478. The quantitative estimate of drug-likeness (QED) is 0.624. The van der Waals surface area contributed by atoms with Crippen LogP contribution < -0.4 is 0 Å². The molecule has 102 valence electrons. The van der Waals surface area contributed by atoms with E-state index in [2.05, 4.69) is 34.8 Å². The SMILES string of the molecule is COC(=O)CCSc1nnc(-c2cc(C)c(C)s2)s1. The lowest BCUT2D eigenvalue weighted by Gasteiger charge is -1.95. The number of aryl methyl sites for hydroxylation is 2. The van der Waals surface area contributed by atoms with Gasteiger partial charge in [-0.15, -0.1) is 21.5 Å². The third-order valence-electron chi connectivity index (χ3n) is 2.54. The van der Waals surface area contributed by atoms with E-state index in [1.807, 2.05) is 0 Å². The summed E-state index contributed by atoms with van der Waals surface area (Å²) in [6.07, 6.45) is 0.396. The number of carbonyl (C=O) groups is 1. The fourth-order valence-corrected chi connectivity index (χ4v) is 4.29. The van der Waals surface area contributed by atoms with Gasteiger partial charge in [-0.3, -0.25) is 4.79 Å². The largest absolute Gasteiger partial charge is 0.469 e. The zero-order valence-electron chi connectivity index (χ0n) is 10.9. The van der Waals surface area contributed by atoms with Crippen molar-refractivity contribution in [2.75, 3.05) is 12.9 Å². The van der Waals surface area contributed by atoms with Crippen LogP contribution in [0.15, 0.2) is 10.4 Å². The van der Waals surface area contributed by atoms with Crippen LogP contribution in [0.3, 0.4) is 0 Å². The van der Waals surface area contributed by atoms with Crippen LogP contribution in [0.25, 0.3) is 9.88 Å². The minimum Gasteiger partial charge on any atom is -0.469 e. The molecule has 0 fully saturated rings. The minimum absolute atomic E-state index is 0.193. The fraction of sp³-hybridized carbons (Fsp3) is 0.417. The molecule has 2 rings (SSSR count). The highest BCUT2D eigenvalue weighted by atomic mass is 32.2. The smallest absolute Gasteiger partial charge is 0.306 e. The van der Waals surface area contributed by atoms with Crippen molar-refractivity contribution in [1.29, 1.82) is 0 Å². The molecule has 0 atom stereocenters. The van der Waals surface area contributed by atoms with E-state index in [0.717, 1.165) is 14.2 Å². The van der Waals surface area contributed by atoms with E-state index in [4.69, 9.17) is 0 Å². The molecule has 0 saturated carbocycles. The second-order valence-corrected chi connectivity index (χ2v) is 7.47. The zero-order valence-corrected chi connectivity index (χ0v) is 13.4. The highest BCUT2D eigenvalue weighted by molar-refractivity contribution is 8.01. The Morgan fingerprint density at radius 3 is 2.79 bits per heavy atom. The van der Waals surface area contributed by atoms with Gasteiger partial charge in [-0.05, 0) is 25.5 Å². The topological polar surface area (TPSA) is 52.1 Å². The van der Waals surface area contributed by atoms with Gasteiger partial charge in [0.05, 0.1) is 18.4 Å². The highest BCUT2D eigenvalue weighted by Gasteiger charge is 2.11. The average molecular weight is 314 g/mol. The first-order chi connectivity index (χ1) is 9.10. The summed E-state index contributed by atoms with van der Waals surface area (Å²) in [5, 5.41) is 9.29. The number of hydrogen-bond donors (Lipinski definition) is 0. The number of aromatic nitrogens is 2. The van der Waals surface area contributed by atoms with E-state index in [9.17, 15) is 4.79 Å². The van der Waals surface area contributed by atoms with Gasteiger partial charge in [0.25, 0.3) is 0 Å². The van der Waals surface area contributed by atoms with Crippen molar-refractivity contribution in [1.82, 2.24) is 10.2 Å². The standard InChI is InChI=1S/C12H14N2O2S3/c1-7-6-9(18-8(7)2)11-13-14-12(19-11)17-5-4-10(15)16-3/h6H,4-5H2,1-3H3. The molecular formula is C12H14N2O2S3. The van der Waals surface area contributed by atoms with Crippen molar-refractivity contribution in [2.45, 2.75) is 24.6 Å². The van der Waals surface area contributed by atoms with E-state index in [0.29, 0.717) is 12.2 Å². The first kappa shape index (κ1) is 14.5. The summed E-state index contributed by atoms with van der Waals surface area (Å²) in [5.41, 5.74) is 1.29. The fourth-order valence-electron chi connectivity index (χ4n) is 1.37. The Labute approximate surface area is 124 Å². The van der Waals surface area contributed by atoms with Gasteiger partial charge in [-0.1, -0.05) is 23.1 Å². The molecule has 2 aromatic heterocycles. The highest BCUT2D eigenvalue weighted by Crippen LogP contribution is 2.35. The van der Waals surface area contributed by atoms with Gasteiger partial charge < -0.3 is 4.74 Å². The summed E-state index contributed by atoms with van der Waals surface area (Å²) in [6, 6.07) is 2.14. The molecule has 0 saturated heterocycles. The Morgan fingerprint density at radius 2 is 2.16 bits per heavy atom. The second kappa shape index (κ2) is 6.49. The van der Waals surface area contributed by atoms with E-state index < -0.39 is 0 Å². The van der Waals surface area contributed by atoms with Gasteiger partial charge in [-0.25, -0.2) is 0 Å². The summed E-state index contributed by atoms with van der Waals surface area (Å²) in [6.45, 7) is 4.21. The molecule has 0 spiro atoms. The van der Waals surface area contributed by atoms with Crippen LogP contribution in [0.2, 0.25) is 0 Å². The Bertz CT molecular complexity index is 558. The first-order valence-electron chi connectivity index (χ1n) is 5.70. The zero-order chi connectivity index (χ0) is 13.8. The summed E-state index contributed by atoms with van der Waals surface area (Å²) >= 11 is 4.84. The van der Waals surface area contributed by atoms with Gasteiger partial charge in [0.15, 0.2) is 9.35 Å². The number of thioether (sulfide) groups is 1. The summed E-state index contributed by atoms with van der Waals surface area (Å²) < 4.78 is 5.49. The van der Waals surface area contributed by atoms with E-state index >= 15 is 0 Å². The maximum Gasteiger partial charge on any atom is 0.306 e. The monoisotopic (exact) mass is 314 g/mol. The van der Waals surface area contributed by atoms with Gasteiger partial charge >= 0.3 is 5.97 Å². The molecule has 0 aliphatic rings. The van der Waals surface area contributed by atoms with Crippen LogP contribution in [0.4, 0.5) is 0 Å². The van der Waals surface area contributed by atoms with Crippen LogP contribution in [0, 0.1) is 13.8 Å². The molecule has 0 aliphatic heterocycles. The lowest BCUT2D eigenvalue weighted by atomic mass is 10.3. The van der Waals surface area contributed by atoms with Gasteiger partial charge in [0, 0.05) is 10.6 Å². The Hall–Kier alpha value is -0.920. The lowest BCUT2D eigenvalue weighted by molar-refractivity contribution is -0.140. The molecule has 0 unspecified atom stereocenters. The van der Waals surface area contributed by atoms with Crippen molar-refractivity contribution in [3.63, 3.8) is 0 Å². The molecule has 4 nitrogen and oxygen atoms in total. The number of methoxy groups -OCH3 is 1. The molecule has 7 heteroatoms. The van der Waals surface area contributed by atoms with Gasteiger partial charge in [0.2, 0.25) is 0 Å². The minimum atomic E-state index is -0.193. The molecule has 0 aliphatic carbocycles. The Morgan fingerprint density at radius 1 is 1.37 bits per heavy atom. The number of ether oxygens (including phenoxy) is 1. The number of thiophene rings is 1. The van der Waals surface area contributed by atoms with E-state index in [1.165, 1.54) is 29.3 Å². The van der Waals surface area contributed by atoms with Gasteiger partial charge in [-0.2, -0.15) is 0 Å². The van der Waals surface area contributed by atoms with Crippen molar-refractivity contribution in [3.8, 4) is 9.88 Å². The number of carbonyl (C=O) groups excluding carboxylic acids is 1. The van der Waals surface area contributed by atoms with Crippen LogP contribution in [-0.2, 0) is 9.53 Å². The van der Waals surface area contributed by atoms with Crippen LogP contribution >= 0.6 is 34.4 Å². The summed E-state index contributed by atoms with van der Waals surface area (Å²) in [7, 11) is 1.40. The van der Waals surface area contributed by atoms with Crippen LogP contribution in [-0.4, -0.2) is 29.0 Å². The van der Waals surface area contributed by atoms with Crippen molar-refractivity contribution >= 4 is 40.4 Å². The first-order valence-corrected chi connectivity index (χ1v) is 8.32. The predicted octanol–water partition coefficient (Wildman–Crippen LogP) is 3.54. The number of rotatable bonds is 5. The van der Waals surface area contributed by atoms with E-state index in [1.54, 1.807) is 22.7 Å². The molecule has 0 amide bonds. The molecule has 0 N–H and O–H groups in total. The molecule has 19 heavy (non-hydrogen) atoms. The van der Waals surface area contributed by atoms with Crippen LogP contribution in [0.5, 0.6) is 0 Å². The normalized spacial score (nSPS) is 10.7. The molecule has 0 aromatic carbocycles.